The summed E-state index contributed by atoms with van der Waals surface area (Å²) in [6, 6.07) is 13.3. The van der Waals surface area contributed by atoms with Crippen molar-refractivity contribution in [3.8, 4) is 5.75 Å². The first-order chi connectivity index (χ1) is 12.6. The van der Waals surface area contributed by atoms with Gasteiger partial charge < -0.3 is 4.74 Å². The van der Waals surface area contributed by atoms with Gasteiger partial charge in [0.2, 0.25) is 0 Å². The van der Waals surface area contributed by atoms with Crippen molar-refractivity contribution < 1.29 is 14.3 Å². The molecular weight excluding hydrogens is 336 g/mol. The van der Waals surface area contributed by atoms with Crippen LogP contribution in [0.1, 0.15) is 27.8 Å². The molecule has 3 N–H and O–H groups in total. The maximum atomic E-state index is 12.4. The number of H-pyrrole nitrogens is 1. The van der Waals surface area contributed by atoms with Crippen LogP contribution in [0, 0.1) is 0 Å². The van der Waals surface area contributed by atoms with Crippen molar-refractivity contribution in [2.45, 2.75) is 6.92 Å². The Kier molecular flexibility index (Phi) is 4.93. The molecule has 26 heavy (non-hydrogen) atoms. The van der Waals surface area contributed by atoms with E-state index in [9.17, 15) is 14.4 Å². The Labute approximate surface area is 148 Å². The number of nitrogens with zero attached hydrogens (tertiary/aromatic N) is 1. The fourth-order valence-electron chi connectivity index (χ4n) is 2.46. The highest BCUT2D eigenvalue weighted by Gasteiger charge is 2.16. The molecule has 1 aromatic heterocycles. The van der Waals surface area contributed by atoms with Gasteiger partial charge in [0.15, 0.2) is 5.69 Å². The van der Waals surface area contributed by atoms with Gasteiger partial charge in [-0.15, -0.1) is 0 Å². The van der Waals surface area contributed by atoms with Gasteiger partial charge in [0.25, 0.3) is 17.4 Å². The van der Waals surface area contributed by atoms with E-state index < -0.39 is 17.4 Å². The lowest BCUT2D eigenvalue weighted by molar-refractivity contribution is 0.0842. The van der Waals surface area contributed by atoms with Crippen LogP contribution in [0.5, 0.6) is 5.75 Å². The molecule has 0 aliphatic carbocycles. The molecule has 3 rings (SSSR count). The van der Waals surface area contributed by atoms with Crippen LogP contribution < -0.4 is 21.1 Å². The number of hydrogen-bond acceptors (Lipinski definition) is 5. The molecule has 0 aliphatic heterocycles. The van der Waals surface area contributed by atoms with Gasteiger partial charge in [-0.05, 0) is 25.1 Å². The average molecular weight is 352 g/mol. The lowest BCUT2D eigenvalue weighted by Gasteiger charge is -2.11. The number of hydrazine groups is 1. The number of fused-ring (bicyclic) bond motifs is 1. The maximum Gasteiger partial charge on any atom is 0.290 e. The Balaban J connectivity index is 1.79. The summed E-state index contributed by atoms with van der Waals surface area (Å²) in [6.45, 7) is 2.22. The topological polar surface area (TPSA) is 113 Å². The highest BCUT2D eigenvalue weighted by atomic mass is 16.5. The number of carbonyl (C=O) groups excluding carboxylic acids is 2. The Morgan fingerprint density at radius 3 is 2.42 bits per heavy atom. The average Bonchev–Trinajstić information content (AvgIpc) is 2.67. The second-order valence-electron chi connectivity index (χ2n) is 5.28. The Hall–Kier alpha value is -3.68. The lowest BCUT2D eigenvalue weighted by Crippen LogP contribution is -2.42. The van der Waals surface area contributed by atoms with Gasteiger partial charge in [-0.25, -0.2) is 5.10 Å². The molecule has 0 aliphatic rings. The summed E-state index contributed by atoms with van der Waals surface area (Å²) >= 11 is 0. The fraction of sp³-hybridized carbons (Fsp3) is 0.111. The van der Waals surface area contributed by atoms with Crippen LogP contribution in [0.15, 0.2) is 53.3 Å². The number of benzene rings is 2. The normalized spacial score (nSPS) is 10.3. The van der Waals surface area contributed by atoms with Crippen LogP contribution in [-0.4, -0.2) is 28.6 Å². The molecule has 0 unspecified atom stereocenters. The quantitative estimate of drug-likeness (QED) is 0.614. The number of ether oxygens (including phenoxy) is 1. The van der Waals surface area contributed by atoms with E-state index in [2.05, 4.69) is 21.0 Å². The lowest BCUT2D eigenvalue weighted by atomic mass is 10.1. The van der Waals surface area contributed by atoms with Crippen LogP contribution in [-0.2, 0) is 0 Å². The number of hydrogen-bond donors (Lipinski definition) is 3. The summed E-state index contributed by atoms with van der Waals surface area (Å²) in [5.74, 6) is -0.773. The summed E-state index contributed by atoms with van der Waals surface area (Å²) in [5.41, 5.74) is 4.51. The zero-order valence-electron chi connectivity index (χ0n) is 13.9. The molecule has 0 saturated heterocycles. The van der Waals surface area contributed by atoms with Crippen LogP contribution in [0.3, 0.4) is 0 Å². The van der Waals surface area contributed by atoms with Crippen LogP contribution in [0.4, 0.5) is 0 Å². The number of rotatable bonds is 4. The third kappa shape index (κ3) is 3.39. The fourth-order valence-corrected chi connectivity index (χ4v) is 2.46. The molecule has 0 atom stereocenters. The molecule has 2 amide bonds. The third-order valence-electron chi connectivity index (χ3n) is 3.63. The van der Waals surface area contributed by atoms with Crippen molar-refractivity contribution in [2.24, 2.45) is 0 Å². The number of aromatic nitrogens is 2. The second kappa shape index (κ2) is 7.47. The molecule has 0 fully saturated rings. The SMILES string of the molecule is CCOc1ccccc1C(=O)NNC(=O)c1n[nH]c(=O)c2ccccc12. The first kappa shape index (κ1) is 17.2. The number of para-hydroxylation sites is 1. The maximum absolute atomic E-state index is 12.4. The van der Waals surface area contributed by atoms with Crippen LogP contribution >= 0.6 is 0 Å². The highest BCUT2D eigenvalue weighted by Crippen LogP contribution is 2.17. The minimum atomic E-state index is -0.653. The number of aromatic amines is 1. The van der Waals surface area contributed by atoms with Crippen molar-refractivity contribution in [3.63, 3.8) is 0 Å². The summed E-state index contributed by atoms with van der Waals surface area (Å²) in [6.07, 6.45) is 0. The number of nitrogens with one attached hydrogen (secondary N) is 3. The second-order valence-corrected chi connectivity index (χ2v) is 5.28. The molecule has 8 nitrogen and oxygen atoms in total. The zero-order chi connectivity index (χ0) is 18.5. The van der Waals surface area contributed by atoms with Gasteiger partial charge in [-0.1, -0.05) is 30.3 Å². The van der Waals surface area contributed by atoms with E-state index in [1.165, 1.54) is 0 Å². The smallest absolute Gasteiger partial charge is 0.290 e. The van der Waals surface area contributed by atoms with Crippen molar-refractivity contribution >= 4 is 22.6 Å². The summed E-state index contributed by atoms with van der Waals surface area (Å²) in [5, 5.41) is 6.77. The third-order valence-corrected chi connectivity index (χ3v) is 3.63. The van der Waals surface area contributed by atoms with Crippen molar-refractivity contribution in [1.29, 1.82) is 0 Å². The molecule has 0 spiro atoms. The Bertz CT molecular complexity index is 1030. The standard InChI is InChI=1S/C18H16N4O4/c1-2-26-14-10-6-5-9-13(14)17(24)21-22-18(25)15-11-7-3-4-8-12(11)16(23)20-19-15/h3-10H,2H2,1H3,(H,20,23)(H,21,24)(H,22,25). The van der Waals surface area contributed by atoms with E-state index in [-0.39, 0.29) is 11.3 Å². The first-order valence-electron chi connectivity index (χ1n) is 7.91. The molecule has 132 valence electrons. The van der Waals surface area contributed by atoms with E-state index in [1.54, 1.807) is 48.5 Å². The van der Waals surface area contributed by atoms with Gasteiger partial charge in [0.1, 0.15) is 5.75 Å². The molecule has 0 bridgehead atoms. The van der Waals surface area contributed by atoms with E-state index in [0.717, 1.165) is 0 Å². The van der Waals surface area contributed by atoms with Crippen LogP contribution in [0.25, 0.3) is 10.8 Å². The van der Waals surface area contributed by atoms with E-state index in [0.29, 0.717) is 23.1 Å². The van der Waals surface area contributed by atoms with Crippen molar-refractivity contribution in [3.05, 3.63) is 70.1 Å². The molecule has 3 aromatic rings. The van der Waals surface area contributed by atoms with Gasteiger partial charge in [0.05, 0.1) is 17.6 Å². The van der Waals surface area contributed by atoms with Crippen LogP contribution in [0.2, 0.25) is 0 Å². The Morgan fingerprint density at radius 1 is 1.00 bits per heavy atom. The van der Waals surface area contributed by atoms with Gasteiger partial charge in [0, 0.05) is 5.39 Å². The van der Waals surface area contributed by atoms with Gasteiger partial charge >= 0.3 is 0 Å². The van der Waals surface area contributed by atoms with Gasteiger partial charge in [-0.2, -0.15) is 5.10 Å². The number of carbonyl (C=O) groups is 2. The first-order valence-corrected chi connectivity index (χ1v) is 7.91. The minimum absolute atomic E-state index is 0.00130. The van der Waals surface area contributed by atoms with Crippen molar-refractivity contribution in [1.82, 2.24) is 21.0 Å². The Morgan fingerprint density at radius 2 is 1.65 bits per heavy atom. The van der Waals surface area contributed by atoms with E-state index >= 15 is 0 Å². The predicted octanol–water partition coefficient (Wildman–Crippen LogP) is 1.40. The highest BCUT2D eigenvalue weighted by molar-refractivity contribution is 6.06. The summed E-state index contributed by atoms with van der Waals surface area (Å²) in [4.78, 5) is 36.5. The van der Waals surface area contributed by atoms with E-state index in [4.69, 9.17) is 4.74 Å². The zero-order valence-corrected chi connectivity index (χ0v) is 13.9. The molecule has 0 saturated carbocycles. The van der Waals surface area contributed by atoms with Gasteiger partial charge in [-0.3, -0.25) is 25.2 Å². The minimum Gasteiger partial charge on any atom is -0.493 e. The predicted molar refractivity (Wildman–Crippen MR) is 94.9 cm³/mol. The molecule has 8 heteroatoms. The molecular formula is C18H16N4O4. The largest absolute Gasteiger partial charge is 0.493 e. The summed E-state index contributed by atoms with van der Waals surface area (Å²) < 4.78 is 5.39. The van der Waals surface area contributed by atoms with E-state index in [1.807, 2.05) is 6.92 Å². The van der Waals surface area contributed by atoms with Crippen molar-refractivity contribution in [2.75, 3.05) is 6.61 Å². The summed E-state index contributed by atoms with van der Waals surface area (Å²) in [7, 11) is 0. The monoisotopic (exact) mass is 352 g/mol. The molecule has 0 radical (unpaired) electrons. The molecule has 1 heterocycles. The molecule has 2 aromatic carbocycles. The number of amides is 2.